The van der Waals surface area contributed by atoms with Gasteiger partial charge in [0.25, 0.3) is 0 Å². The SMILES string of the molecule is O=C(O)N1CC=C(c2nccc(OCc3ccc(Cl)cc3F)n2)CC1. The van der Waals surface area contributed by atoms with Gasteiger partial charge in [-0.1, -0.05) is 23.7 Å². The molecule has 0 fully saturated rings. The highest BCUT2D eigenvalue weighted by molar-refractivity contribution is 6.30. The summed E-state index contributed by atoms with van der Waals surface area (Å²) in [5, 5.41) is 9.29. The predicted octanol–water partition coefficient (Wildman–Crippen LogP) is 3.62. The van der Waals surface area contributed by atoms with Crippen LogP contribution in [0.4, 0.5) is 9.18 Å². The molecule has 25 heavy (non-hydrogen) atoms. The summed E-state index contributed by atoms with van der Waals surface area (Å²) in [6.07, 6.45) is 2.93. The van der Waals surface area contributed by atoms with Crippen LogP contribution in [-0.2, 0) is 6.61 Å². The Hall–Kier alpha value is -2.67. The molecule has 0 saturated carbocycles. The maximum Gasteiger partial charge on any atom is 0.407 e. The van der Waals surface area contributed by atoms with Gasteiger partial charge in [-0.05, 0) is 24.1 Å². The van der Waals surface area contributed by atoms with E-state index >= 15 is 0 Å². The summed E-state index contributed by atoms with van der Waals surface area (Å²) in [5.41, 5.74) is 1.24. The summed E-state index contributed by atoms with van der Waals surface area (Å²) in [4.78, 5) is 20.8. The summed E-state index contributed by atoms with van der Waals surface area (Å²) in [7, 11) is 0. The van der Waals surface area contributed by atoms with E-state index in [2.05, 4.69) is 9.97 Å². The van der Waals surface area contributed by atoms with Gasteiger partial charge in [0.05, 0.1) is 0 Å². The second-order valence-electron chi connectivity index (χ2n) is 5.45. The van der Waals surface area contributed by atoms with Crippen molar-refractivity contribution in [1.82, 2.24) is 14.9 Å². The number of halogens is 2. The number of nitrogens with zero attached hydrogens (tertiary/aromatic N) is 3. The van der Waals surface area contributed by atoms with Gasteiger partial charge in [0.1, 0.15) is 12.4 Å². The Kier molecular flexibility index (Phi) is 5.14. The molecule has 0 unspecified atom stereocenters. The molecular formula is C17H15ClFN3O3. The molecule has 1 aliphatic rings. The van der Waals surface area contributed by atoms with Crippen molar-refractivity contribution >= 4 is 23.3 Å². The smallest absolute Gasteiger partial charge is 0.407 e. The number of aromatic nitrogens is 2. The lowest BCUT2D eigenvalue weighted by molar-refractivity contribution is 0.150. The maximum atomic E-state index is 13.8. The number of hydrogen-bond acceptors (Lipinski definition) is 4. The van der Waals surface area contributed by atoms with E-state index in [-0.39, 0.29) is 6.61 Å². The van der Waals surface area contributed by atoms with E-state index in [0.29, 0.717) is 41.8 Å². The lowest BCUT2D eigenvalue weighted by Crippen LogP contribution is -2.33. The van der Waals surface area contributed by atoms with Gasteiger partial charge in [-0.2, -0.15) is 4.98 Å². The van der Waals surface area contributed by atoms with Crippen LogP contribution in [0.2, 0.25) is 5.02 Å². The first kappa shape index (κ1) is 17.2. The Bertz CT molecular complexity index is 829. The summed E-state index contributed by atoms with van der Waals surface area (Å²) >= 11 is 5.72. The Morgan fingerprint density at radius 1 is 1.40 bits per heavy atom. The number of carboxylic acid groups (broad SMARTS) is 1. The molecule has 0 saturated heterocycles. The topological polar surface area (TPSA) is 75.5 Å². The standard InChI is InChI=1S/C17H15ClFN3O3/c18-13-2-1-12(14(19)9-13)10-25-15-3-6-20-16(21-15)11-4-7-22(8-5-11)17(23)24/h1-4,6,9H,5,7-8,10H2,(H,23,24). The van der Waals surface area contributed by atoms with Crippen LogP contribution >= 0.6 is 11.6 Å². The van der Waals surface area contributed by atoms with E-state index in [1.54, 1.807) is 30.5 Å². The van der Waals surface area contributed by atoms with Crippen molar-refractivity contribution in [3.05, 3.63) is 58.8 Å². The molecule has 0 aliphatic carbocycles. The van der Waals surface area contributed by atoms with Gasteiger partial charge in [0.2, 0.25) is 5.88 Å². The van der Waals surface area contributed by atoms with E-state index in [9.17, 15) is 9.18 Å². The molecule has 0 radical (unpaired) electrons. The zero-order valence-corrected chi connectivity index (χ0v) is 13.9. The quantitative estimate of drug-likeness (QED) is 0.898. The Morgan fingerprint density at radius 2 is 2.24 bits per heavy atom. The molecule has 1 aliphatic heterocycles. The van der Waals surface area contributed by atoms with Gasteiger partial charge < -0.3 is 14.7 Å². The summed E-state index contributed by atoms with van der Waals surface area (Å²) < 4.78 is 19.3. The fourth-order valence-electron chi connectivity index (χ4n) is 2.41. The number of amides is 1. The van der Waals surface area contributed by atoms with Crippen molar-refractivity contribution in [2.24, 2.45) is 0 Å². The van der Waals surface area contributed by atoms with Crippen molar-refractivity contribution in [3.8, 4) is 5.88 Å². The summed E-state index contributed by atoms with van der Waals surface area (Å²) in [6.45, 7) is 0.714. The van der Waals surface area contributed by atoms with Crippen LogP contribution in [0.25, 0.3) is 5.57 Å². The molecule has 1 N–H and O–H groups in total. The molecule has 0 atom stereocenters. The van der Waals surface area contributed by atoms with Crippen LogP contribution in [0, 0.1) is 5.82 Å². The van der Waals surface area contributed by atoms with Crippen molar-refractivity contribution < 1.29 is 19.0 Å². The minimum absolute atomic E-state index is 0.0191. The fraction of sp³-hybridized carbons (Fsp3) is 0.235. The highest BCUT2D eigenvalue weighted by atomic mass is 35.5. The zero-order valence-electron chi connectivity index (χ0n) is 13.2. The Labute approximate surface area is 148 Å². The van der Waals surface area contributed by atoms with E-state index in [1.165, 1.54) is 11.0 Å². The first-order valence-corrected chi connectivity index (χ1v) is 7.98. The van der Waals surface area contributed by atoms with Crippen LogP contribution < -0.4 is 4.74 Å². The lowest BCUT2D eigenvalue weighted by atomic mass is 10.1. The minimum Gasteiger partial charge on any atom is -0.473 e. The lowest BCUT2D eigenvalue weighted by Gasteiger charge is -2.23. The van der Waals surface area contributed by atoms with Crippen LogP contribution in [-0.4, -0.2) is 39.2 Å². The summed E-state index contributed by atoms with van der Waals surface area (Å²) in [5.74, 6) is 0.366. The monoisotopic (exact) mass is 363 g/mol. The largest absolute Gasteiger partial charge is 0.473 e. The van der Waals surface area contributed by atoms with Gasteiger partial charge in [0.15, 0.2) is 5.82 Å². The van der Waals surface area contributed by atoms with Crippen molar-refractivity contribution in [3.63, 3.8) is 0 Å². The Morgan fingerprint density at radius 3 is 2.92 bits per heavy atom. The molecule has 0 bridgehead atoms. The van der Waals surface area contributed by atoms with Crippen molar-refractivity contribution in [2.45, 2.75) is 13.0 Å². The zero-order chi connectivity index (χ0) is 17.8. The van der Waals surface area contributed by atoms with Crippen LogP contribution in [0.1, 0.15) is 17.8 Å². The fourth-order valence-corrected chi connectivity index (χ4v) is 2.57. The summed E-state index contributed by atoms with van der Waals surface area (Å²) in [6, 6.07) is 5.97. The number of hydrogen-bond donors (Lipinski definition) is 1. The molecule has 2 heterocycles. The second-order valence-corrected chi connectivity index (χ2v) is 5.89. The van der Waals surface area contributed by atoms with Crippen LogP contribution in [0.3, 0.4) is 0 Å². The van der Waals surface area contributed by atoms with Crippen LogP contribution in [0.5, 0.6) is 5.88 Å². The van der Waals surface area contributed by atoms with Crippen molar-refractivity contribution in [1.29, 1.82) is 0 Å². The first-order valence-electron chi connectivity index (χ1n) is 7.60. The Balaban J connectivity index is 1.68. The van der Waals surface area contributed by atoms with E-state index in [0.717, 1.165) is 5.57 Å². The highest BCUT2D eigenvalue weighted by Crippen LogP contribution is 2.22. The molecule has 0 spiro atoms. The number of benzene rings is 1. The number of carbonyl (C=O) groups is 1. The third-order valence-electron chi connectivity index (χ3n) is 3.79. The molecule has 1 aromatic carbocycles. The molecule has 130 valence electrons. The average molecular weight is 364 g/mol. The van der Waals surface area contributed by atoms with Gasteiger partial charge in [-0.25, -0.2) is 14.2 Å². The van der Waals surface area contributed by atoms with Gasteiger partial charge in [0, 0.05) is 35.9 Å². The molecule has 1 aromatic heterocycles. The molecular weight excluding hydrogens is 349 g/mol. The van der Waals surface area contributed by atoms with Crippen molar-refractivity contribution in [2.75, 3.05) is 13.1 Å². The first-order chi connectivity index (χ1) is 12.0. The van der Waals surface area contributed by atoms with Gasteiger partial charge >= 0.3 is 6.09 Å². The van der Waals surface area contributed by atoms with E-state index < -0.39 is 11.9 Å². The van der Waals surface area contributed by atoms with Gasteiger partial charge in [-0.3, -0.25) is 0 Å². The normalized spacial score (nSPS) is 14.2. The van der Waals surface area contributed by atoms with Crippen LogP contribution in [0.15, 0.2) is 36.5 Å². The van der Waals surface area contributed by atoms with E-state index in [4.69, 9.17) is 21.4 Å². The highest BCUT2D eigenvalue weighted by Gasteiger charge is 2.18. The molecule has 2 aromatic rings. The third-order valence-corrected chi connectivity index (χ3v) is 4.02. The molecule has 3 rings (SSSR count). The molecule has 8 heteroatoms. The average Bonchev–Trinajstić information content (AvgIpc) is 2.61. The number of rotatable bonds is 4. The second kappa shape index (κ2) is 7.48. The predicted molar refractivity (Wildman–Crippen MR) is 90.0 cm³/mol. The maximum absolute atomic E-state index is 13.8. The minimum atomic E-state index is -0.946. The van der Waals surface area contributed by atoms with Gasteiger partial charge in [-0.15, -0.1) is 0 Å². The third kappa shape index (κ3) is 4.24. The molecule has 1 amide bonds. The molecule has 6 nitrogen and oxygen atoms in total. The van der Waals surface area contributed by atoms with E-state index in [1.807, 2.05) is 0 Å². The number of ether oxygens (including phenoxy) is 1.